The summed E-state index contributed by atoms with van der Waals surface area (Å²) in [5, 5.41) is 3.30. The number of methoxy groups -OCH3 is 1. The summed E-state index contributed by atoms with van der Waals surface area (Å²) in [6, 6.07) is 15.2. The molecule has 0 aliphatic carbocycles. The second kappa shape index (κ2) is 12.3. The van der Waals surface area contributed by atoms with E-state index in [0.717, 1.165) is 69.0 Å². The summed E-state index contributed by atoms with van der Waals surface area (Å²) in [5.74, 6) is 1.27. The zero-order chi connectivity index (χ0) is 29.1. The van der Waals surface area contributed by atoms with Gasteiger partial charge in [0.2, 0.25) is 0 Å². The Morgan fingerprint density at radius 2 is 1.86 bits per heavy atom. The van der Waals surface area contributed by atoms with E-state index in [2.05, 4.69) is 50.2 Å². The van der Waals surface area contributed by atoms with Crippen LogP contribution in [-0.4, -0.2) is 67.5 Å². The molecule has 0 bridgehead atoms. The number of ether oxygens (including phenoxy) is 2. The third-order valence-electron chi connectivity index (χ3n) is 7.87. The van der Waals surface area contributed by atoms with Crippen LogP contribution in [0.15, 0.2) is 60.9 Å². The molecule has 2 aromatic heterocycles. The van der Waals surface area contributed by atoms with Gasteiger partial charge in [-0.15, -0.1) is 0 Å². The Bertz CT molecular complexity index is 1560. The van der Waals surface area contributed by atoms with Crippen molar-refractivity contribution in [3.63, 3.8) is 0 Å². The number of morpholine rings is 1. The molecule has 0 spiro atoms. The molecular weight excluding hydrogens is 533 g/mol. The number of nitrogens with one attached hydrogen (secondary N) is 1. The van der Waals surface area contributed by atoms with Crippen molar-refractivity contribution < 1.29 is 13.9 Å². The van der Waals surface area contributed by atoms with E-state index in [1.165, 1.54) is 24.4 Å². The summed E-state index contributed by atoms with van der Waals surface area (Å²) in [6.45, 7) is 7.14. The van der Waals surface area contributed by atoms with E-state index < -0.39 is 5.82 Å². The Labute approximate surface area is 245 Å². The second-order valence-corrected chi connectivity index (χ2v) is 10.7. The highest BCUT2D eigenvalue weighted by molar-refractivity contribution is 5.82. The number of pyridine rings is 1. The van der Waals surface area contributed by atoms with Crippen LogP contribution in [0.4, 0.5) is 27.4 Å². The van der Waals surface area contributed by atoms with Gasteiger partial charge >= 0.3 is 0 Å². The van der Waals surface area contributed by atoms with Gasteiger partial charge in [0.05, 0.1) is 25.9 Å². The quantitative estimate of drug-likeness (QED) is 0.312. The molecular formula is C32H36FN7O2. The molecule has 0 amide bonds. The van der Waals surface area contributed by atoms with Gasteiger partial charge in [0, 0.05) is 67.6 Å². The van der Waals surface area contributed by atoms with E-state index in [1.54, 1.807) is 24.4 Å². The van der Waals surface area contributed by atoms with Gasteiger partial charge in [-0.2, -0.15) is 0 Å². The molecule has 0 unspecified atom stereocenters. The number of anilines is 4. The lowest BCUT2D eigenvalue weighted by Crippen LogP contribution is -2.43. The van der Waals surface area contributed by atoms with Crippen molar-refractivity contribution in [3.8, 4) is 28.3 Å². The Kier molecular flexibility index (Phi) is 8.16. The van der Waals surface area contributed by atoms with Crippen LogP contribution in [0.2, 0.25) is 0 Å². The Balaban J connectivity index is 1.33. The first-order chi connectivity index (χ1) is 20.5. The number of piperidine rings is 1. The van der Waals surface area contributed by atoms with Crippen molar-refractivity contribution in [2.45, 2.75) is 25.8 Å². The van der Waals surface area contributed by atoms with Crippen LogP contribution < -0.4 is 25.6 Å². The molecule has 6 rings (SSSR count). The fourth-order valence-corrected chi connectivity index (χ4v) is 5.78. The standard InChI is InChI=1S/C32H36FN7O2/c1-21-17-22(8-9-26(21)39-13-15-42-16-14-39)24-19-36-30(18-27(24)40-12-4-5-23(34)20-40)37-29-10-11-35-32(38-29)31-25(33)6-3-7-28(31)41-2/h3,6-11,17-19,23H,4-5,12-16,20,34H2,1-2H3,(H,35,36,37,38)/t23-/m0/s1. The maximum atomic E-state index is 14.7. The summed E-state index contributed by atoms with van der Waals surface area (Å²) >= 11 is 0. The fraction of sp³-hybridized carbons (Fsp3) is 0.344. The van der Waals surface area contributed by atoms with Crippen LogP contribution in [0.5, 0.6) is 5.75 Å². The van der Waals surface area contributed by atoms with E-state index in [-0.39, 0.29) is 17.4 Å². The third-order valence-corrected chi connectivity index (χ3v) is 7.87. The van der Waals surface area contributed by atoms with Gasteiger partial charge < -0.3 is 30.3 Å². The molecule has 42 heavy (non-hydrogen) atoms. The number of nitrogens with two attached hydrogens (primary N) is 1. The number of rotatable bonds is 7. The molecule has 3 N–H and O–H groups in total. The fourth-order valence-electron chi connectivity index (χ4n) is 5.78. The zero-order valence-electron chi connectivity index (χ0n) is 24.0. The summed E-state index contributed by atoms with van der Waals surface area (Å²) in [7, 11) is 1.50. The van der Waals surface area contributed by atoms with Crippen LogP contribution in [0.3, 0.4) is 0 Å². The van der Waals surface area contributed by atoms with Crippen molar-refractivity contribution >= 4 is 23.0 Å². The van der Waals surface area contributed by atoms with Gasteiger partial charge in [-0.1, -0.05) is 12.1 Å². The molecule has 218 valence electrons. The van der Waals surface area contributed by atoms with Crippen LogP contribution in [0.1, 0.15) is 18.4 Å². The predicted molar refractivity (Wildman–Crippen MR) is 164 cm³/mol. The second-order valence-electron chi connectivity index (χ2n) is 10.7. The van der Waals surface area contributed by atoms with E-state index in [4.69, 9.17) is 20.2 Å². The highest BCUT2D eigenvalue weighted by Gasteiger charge is 2.22. The molecule has 2 fully saturated rings. The smallest absolute Gasteiger partial charge is 0.168 e. The number of nitrogens with zero attached hydrogens (tertiary/aromatic N) is 5. The van der Waals surface area contributed by atoms with Crippen molar-refractivity contribution in [2.75, 3.05) is 61.6 Å². The SMILES string of the molecule is COc1cccc(F)c1-c1nccc(Nc2cc(N3CCC[C@H](N)C3)c(-c3ccc(N4CCOCC4)c(C)c3)cn2)n1. The molecule has 1 atom stereocenters. The molecule has 4 heterocycles. The third kappa shape index (κ3) is 5.86. The lowest BCUT2D eigenvalue weighted by Gasteiger charge is -2.34. The molecule has 0 radical (unpaired) electrons. The van der Waals surface area contributed by atoms with Gasteiger partial charge in [-0.3, -0.25) is 0 Å². The maximum absolute atomic E-state index is 14.7. The van der Waals surface area contributed by atoms with Gasteiger partial charge in [0.15, 0.2) is 5.82 Å². The summed E-state index contributed by atoms with van der Waals surface area (Å²) in [6.07, 6.45) is 5.54. The van der Waals surface area contributed by atoms with Crippen molar-refractivity contribution in [1.29, 1.82) is 0 Å². The molecule has 2 aliphatic heterocycles. The van der Waals surface area contributed by atoms with Crippen LogP contribution in [-0.2, 0) is 4.74 Å². The van der Waals surface area contributed by atoms with Gasteiger partial charge in [-0.25, -0.2) is 19.3 Å². The van der Waals surface area contributed by atoms with Crippen molar-refractivity contribution in [1.82, 2.24) is 15.0 Å². The number of halogens is 1. The highest BCUT2D eigenvalue weighted by Crippen LogP contribution is 2.37. The van der Waals surface area contributed by atoms with Crippen molar-refractivity contribution in [2.24, 2.45) is 5.73 Å². The normalized spacial score (nSPS) is 17.3. The van der Waals surface area contributed by atoms with Gasteiger partial charge in [-0.05, 0) is 61.2 Å². The number of benzene rings is 2. The Morgan fingerprint density at radius 1 is 1.00 bits per heavy atom. The van der Waals surface area contributed by atoms with Gasteiger partial charge in [0.1, 0.15) is 23.2 Å². The van der Waals surface area contributed by atoms with E-state index in [0.29, 0.717) is 17.4 Å². The molecule has 2 saturated heterocycles. The van der Waals surface area contributed by atoms with E-state index in [9.17, 15) is 4.39 Å². The number of hydrogen-bond donors (Lipinski definition) is 2. The average molecular weight is 570 g/mol. The summed E-state index contributed by atoms with van der Waals surface area (Å²) in [4.78, 5) is 18.4. The minimum Gasteiger partial charge on any atom is -0.496 e. The topological polar surface area (TPSA) is 102 Å². The van der Waals surface area contributed by atoms with E-state index >= 15 is 0 Å². The number of aryl methyl sites for hydroxylation is 1. The Hall–Kier alpha value is -4.28. The Morgan fingerprint density at radius 3 is 2.64 bits per heavy atom. The molecule has 10 heteroatoms. The minimum atomic E-state index is -0.451. The minimum absolute atomic E-state index is 0.113. The monoisotopic (exact) mass is 569 g/mol. The van der Waals surface area contributed by atoms with Crippen LogP contribution in [0.25, 0.3) is 22.5 Å². The van der Waals surface area contributed by atoms with E-state index in [1.807, 2.05) is 12.3 Å². The predicted octanol–water partition coefficient (Wildman–Crippen LogP) is 5.17. The molecule has 2 aromatic carbocycles. The first-order valence-electron chi connectivity index (χ1n) is 14.4. The zero-order valence-corrected chi connectivity index (χ0v) is 24.0. The lowest BCUT2D eigenvalue weighted by molar-refractivity contribution is 0.122. The summed E-state index contributed by atoms with van der Waals surface area (Å²) in [5.41, 5.74) is 12.3. The lowest BCUT2D eigenvalue weighted by atomic mass is 9.99. The summed E-state index contributed by atoms with van der Waals surface area (Å²) < 4.78 is 25.6. The molecule has 9 nitrogen and oxygen atoms in total. The number of aromatic nitrogens is 3. The first-order valence-corrected chi connectivity index (χ1v) is 14.4. The highest BCUT2D eigenvalue weighted by atomic mass is 19.1. The first kappa shape index (κ1) is 27.9. The molecule has 4 aromatic rings. The van der Waals surface area contributed by atoms with Crippen LogP contribution in [0, 0.1) is 12.7 Å². The molecule has 2 aliphatic rings. The van der Waals surface area contributed by atoms with Gasteiger partial charge in [0.25, 0.3) is 0 Å². The average Bonchev–Trinajstić information content (AvgIpc) is 3.01. The maximum Gasteiger partial charge on any atom is 0.168 e. The molecule has 0 saturated carbocycles. The largest absolute Gasteiger partial charge is 0.496 e. The van der Waals surface area contributed by atoms with Crippen molar-refractivity contribution in [3.05, 3.63) is 72.3 Å². The van der Waals surface area contributed by atoms with Crippen LogP contribution >= 0.6 is 0 Å². The number of hydrogen-bond acceptors (Lipinski definition) is 9.